The highest BCUT2D eigenvalue weighted by Crippen LogP contribution is 2.38. The maximum absolute atomic E-state index is 13.8. The first-order valence-corrected chi connectivity index (χ1v) is 32.5. The monoisotopic (exact) mass is 1270 g/mol. The Morgan fingerprint density at radius 1 is 0.467 bits per heavy atom. The fourth-order valence-electron chi connectivity index (χ4n) is 9.82. The van der Waals surface area contributed by atoms with E-state index >= 15 is 0 Å². The highest BCUT2D eigenvalue weighted by Gasteiger charge is 2.25. The topological polar surface area (TPSA) is 255 Å². The molecular weight excluding hydrogens is 1180 g/mol. The van der Waals surface area contributed by atoms with E-state index in [-0.39, 0.29) is 88.6 Å². The molecule has 19 heteroatoms. The van der Waals surface area contributed by atoms with Crippen LogP contribution in [0.5, 0.6) is 28.7 Å². The number of hydrogen-bond donors (Lipinski definition) is 1. The van der Waals surface area contributed by atoms with Gasteiger partial charge in [-0.05, 0) is 130 Å². The molecule has 5 aromatic rings. The summed E-state index contributed by atoms with van der Waals surface area (Å²) in [6, 6.07) is 26.0. The average molecular weight is 1270 g/mol. The van der Waals surface area contributed by atoms with Gasteiger partial charge < -0.3 is 48.4 Å². The minimum Gasteiger partial charge on any atom is -0.494 e. The molecular formula is C73H92N2O17. The molecule has 19 nitrogen and oxygen atoms in total. The fraction of sp³-hybridized carbons (Fsp3) is 0.452. The Labute approximate surface area is 541 Å². The van der Waals surface area contributed by atoms with E-state index in [1.54, 1.807) is 60.7 Å². The molecule has 5 rings (SSSR count). The lowest BCUT2D eigenvalue weighted by Crippen LogP contribution is -2.19. The average Bonchev–Trinajstić information content (AvgIpc) is 0.836. The summed E-state index contributed by atoms with van der Waals surface area (Å²) in [6.45, 7) is 12.3. The number of nitrogens with two attached hydrogens (primary N) is 1. The zero-order chi connectivity index (χ0) is 66.1. The van der Waals surface area contributed by atoms with Crippen LogP contribution in [0.2, 0.25) is 0 Å². The van der Waals surface area contributed by atoms with Crippen LogP contribution in [-0.4, -0.2) is 86.5 Å². The summed E-state index contributed by atoms with van der Waals surface area (Å²) in [6.07, 6.45) is 26.0. The van der Waals surface area contributed by atoms with Crippen LogP contribution in [0.3, 0.4) is 0 Å². The molecule has 496 valence electrons. The van der Waals surface area contributed by atoms with E-state index in [0.29, 0.717) is 49.1 Å². The zero-order valence-electron chi connectivity index (χ0n) is 53.6. The Bertz CT molecular complexity index is 3110. The maximum Gasteiger partial charge on any atom is 0.344 e. The van der Waals surface area contributed by atoms with Gasteiger partial charge in [0.1, 0.15) is 23.0 Å². The fourth-order valence-corrected chi connectivity index (χ4v) is 9.82. The number of nitro benzene ring substituents is 1. The number of hydrogen-bond acceptors (Lipinski definition) is 18. The SMILES string of the molecule is C=CC(=O)OCCCCCCCCCCCOc1ccc(OC(=O)c2ccc(C(=O)Oc3ccc(OCCCCCCCCCCCOC(=O)C=C)cc3)c(C(=O)OCCCOC(=O)c3ccc(-c4cc([N+](=O)[O-])c(O[C@@H](C)CCCCCC)cc4N)cc3)c2)cc1. The third-order valence-electron chi connectivity index (χ3n) is 15.0. The molecule has 0 aliphatic carbocycles. The molecule has 0 saturated carbocycles. The molecule has 1 atom stereocenters. The molecule has 5 aromatic carbocycles. The third kappa shape index (κ3) is 28.0. The van der Waals surface area contributed by atoms with Gasteiger partial charge in [0.25, 0.3) is 0 Å². The van der Waals surface area contributed by atoms with E-state index in [2.05, 4.69) is 20.1 Å². The zero-order valence-corrected chi connectivity index (χ0v) is 53.6. The first-order chi connectivity index (χ1) is 44.7. The van der Waals surface area contributed by atoms with E-state index in [4.69, 9.17) is 48.4 Å². The lowest BCUT2D eigenvalue weighted by Gasteiger charge is -2.16. The van der Waals surface area contributed by atoms with Crippen LogP contribution in [0, 0.1) is 10.1 Å². The Morgan fingerprint density at radius 2 is 0.902 bits per heavy atom. The Kier molecular flexibility index (Phi) is 34.4. The predicted octanol–water partition coefficient (Wildman–Crippen LogP) is 16.7. The second kappa shape index (κ2) is 42.9. The summed E-state index contributed by atoms with van der Waals surface area (Å²) in [4.78, 5) is 88.2. The number of benzene rings is 5. The van der Waals surface area contributed by atoms with Gasteiger partial charge in [-0.15, -0.1) is 0 Å². The molecule has 2 N–H and O–H groups in total. The van der Waals surface area contributed by atoms with E-state index in [9.17, 15) is 38.9 Å². The van der Waals surface area contributed by atoms with Crippen molar-refractivity contribution in [3.8, 4) is 39.9 Å². The van der Waals surface area contributed by atoms with Crippen molar-refractivity contribution in [1.29, 1.82) is 0 Å². The number of carbonyl (C=O) groups is 6. The molecule has 0 amide bonds. The predicted molar refractivity (Wildman–Crippen MR) is 353 cm³/mol. The molecule has 0 aromatic heterocycles. The second-order valence-electron chi connectivity index (χ2n) is 22.4. The molecule has 0 unspecified atom stereocenters. The summed E-state index contributed by atoms with van der Waals surface area (Å²) in [5, 5.41) is 12.1. The Hall–Kier alpha value is -9.00. The third-order valence-corrected chi connectivity index (χ3v) is 15.0. The molecule has 0 saturated heterocycles. The molecule has 0 spiro atoms. The van der Waals surface area contributed by atoms with Gasteiger partial charge in [0.05, 0.1) is 72.9 Å². The van der Waals surface area contributed by atoms with E-state index < -0.39 is 28.8 Å². The molecule has 0 aliphatic heterocycles. The molecule has 0 fully saturated rings. The lowest BCUT2D eigenvalue weighted by molar-refractivity contribution is -0.386. The van der Waals surface area contributed by atoms with Gasteiger partial charge >= 0.3 is 41.5 Å². The largest absolute Gasteiger partial charge is 0.494 e. The van der Waals surface area contributed by atoms with Crippen LogP contribution in [0.1, 0.15) is 209 Å². The number of esters is 6. The number of carbonyl (C=O) groups excluding carboxylic acids is 6. The van der Waals surface area contributed by atoms with Crippen molar-refractivity contribution in [2.75, 3.05) is 45.4 Å². The van der Waals surface area contributed by atoms with Crippen molar-refractivity contribution in [2.24, 2.45) is 0 Å². The van der Waals surface area contributed by atoms with Crippen LogP contribution >= 0.6 is 0 Å². The number of nitrogen functional groups attached to an aromatic ring is 1. The maximum atomic E-state index is 13.8. The lowest BCUT2D eigenvalue weighted by atomic mass is 10.0. The van der Waals surface area contributed by atoms with Crippen LogP contribution in [0.4, 0.5) is 11.4 Å². The van der Waals surface area contributed by atoms with E-state index in [1.165, 1.54) is 54.6 Å². The van der Waals surface area contributed by atoms with E-state index in [0.717, 1.165) is 148 Å². The number of nitro groups is 1. The number of unbranched alkanes of at least 4 members (excludes halogenated alkanes) is 19. The summed E-state index contributed by atoms with van der Waals surface area (Å²) >= 11 is 0. The van der Waals surface area contributed by atoms with Crippen molar-refractivity contribution < 1.29 is 76.3 Å². The Morgan fingerprint density at radius 3 is 1.39 bits per heavy atom. The molecule has 0 radical (unpaired) electrons. The highest BCUT2D eigenvalue weighted by atomic mass is 16.6. The minimum atomic E-state index is -0.951. The second-order valence-corrected chi connectivity index (χ2v) is 22.4. The first-order valence-electron chi connectivity index (χ1n) is 32.5. The number of anilines is 1. The summed E-state index contributed by atoms with van der Waals surface area (Å²) in [5.41, 5.74) is 7.04. The Balaban J connectivity index is 1.12. The van der Waals surface area contributed by atoms with Crippen molar-refractivity contribution in [2.45, 2.75) is 174 Å². The van der Waals surface area contributed by atoms with Gasteiger partial charge in [-0.25, -0.2) is 28.8 Å². The van der Waals surface area contributed by atoms with Crippen molar-refractivity contribution >= 4 is 47.2 Å². The minimum absolute atomic E-state index is 0.0516. The number of rotatable bonds is 47. The first kappa shape index (κ1) is 73.7. The highest BCUT2D eigenvalue weighted by molar-refractivity contribution is 6.06. The van der Waals surface area contributed by atoms with Crippen LogP contribution in [0.15, 0.2) is 128 Å². The standard InChI is InChI=1S/C73H92N2O17/c1-5-8-9-24-30-54(4)90-67-53-65(74)63(52-66(67)75(82)83)55-31-33-56(34-32-55)70(78)88-49-29-50-89-72(80)64-51-57(71(79)91-60-40-36-58(37-41-60)84-45-25-20-16-12-10-14-18-22-27-47-86-68(76)6-2)35-44-62(64)73(81)92-61-42-38-59(39-43-61)85-46-26-21-17-13-11-15-19-23-28-48-87-69(77)7-3/h6-7,31-44,51-54H,2-3,5,8-30,45-50,74H2,1,4H3/t54-/m0/s1. The number of nitrogens with zero attached hydrogens (tertiary/aromatic N) is 1. The van der Waals surface area contributed by atoms with Gasteiger partial charge in [0.2, 0.25) is 0 Å². The van der Waals surface area contributed by atoms with E-state index in [1.807, 2.05) is 6.92 Å². The van der Waals surface area contributed by atoms with Gasteiger partial charge in [-0.3, -0.25) is 10.1 Å². The molecule has 0 bridgehead atoms. The van der Waals surface area contributed by atoms with Crippen LogP contribution < -0.4 is 29.4 Å². The number of ether oxygens (including phenoxy) is 9. The van der Waals surface area contributed by atoms with Crippen molar-refractivity contribution in [3.63, 3.8) is 0 Å². The van der Waals surface area contributed by atoms with Gasteiger partial charge in [-0.2, -0.15) is 0 Å². The molecule has 0 aliphatic rings. The smallest absolute Gasteiger partial charge is 0.344 e. The summed E-state index contributed by atoms with van der Waals surface area (Å²) < 4.78 is 50.3. The summed E-state index contributed by atoms with van der Waals surface area (Å²) in [5.74, 6) is -2.41. The molecule has 92 heavy (non-hydrogen) atoms. The van der Waals surface area contributed by atoms with Gasteiger partial charge in [-0.1, -0.05) is 141 Å². The normalized spacial score (nSPS) is 11.2. The van der Waals surface area contributed by atoms with Crippen molar-refractivity contribution in [3.05, 3.63) is 161 Å². The van der Waals surface area contributed by atoms with Gasteiger partial charge in [0.15, 0.2) is 5.75 Å². The van der Waals surface area contributed by atoms with Crippen LogP contribution in [-0.2, 0) is 28.5 Å². The van der Waals surface area contributed by atoms with Crippen molar-refractivity contribution in [1.82, 2.24) is 0 Å². The molecule has 0 heterocycles. The summed E-state index contributed by atoms with van der Waals surface area (Å²) in [7, 11) is 0. The van der Waals surface area contributed by atoms with Crippen LogP contribution in [0.25, 0.3) is 11.1 Å². The quantitative estimate of drug-likeness (QED) is 0.00555. The van der Waals surface area contributed by atoms with Gasteiger partial charge in [0, 0.05) is 42.0 Å².